The number of benzene rings is 2. The Morgan fingerprint density at radius 3 is 2.50 bits per heavy atom. The molecule has 0 radical (unpaired) electrons. The summed E-state index contributed by atoms with van der Waals surface area (Å²) < 4.78 is 42.3. The third-order valence-electron chi connectivity index (χ3n) is 5.46. The van der Waals surface area contributed by atoms with Crippen molar-refractivity contribution in [2.75, 3.05) is 10.0 Å². The monoisotopic (exact) mass is 485 g/mol. The predicted octanol–water partition coefficient (Wildman–Crippen LogP) is 3.13. The largest absolute Gasteiger partial charge is 0.352 e. The summed E-state index contributed by atoms with van der Waals surface area (Å²) >= 11 is 0. The van der Waals surface area contributed by atoms with E-state index in [1.165, 1.54) is 29.2 Å². The van der Waals surface area contributed by atoms with E-state index in [0.29, 0.717) is 5.69 Å². The first-order valence-electron chi connectivity index (χ1n) is 10.8. The summed E-state index contributed by atoms with van der Waals surface area (Å²) in [5, 5.41) is 9.74. The summed E-state index contributed by atoms with van der Waals surface area (Å²) in [4.78, 5) is 24.9. The number of carbonyl (C=O) groups excluding carboxylic acids is 2. The van der Waals surface area contributed by atoms with Crippen LogP contribution in [0, 0.1) is 5.82 Å². The van der Waals surface area contributed by atoms with E-state index >= 15 is 0 Å². The second kappa shape index (κ2) is 10.0. The molecule has 2 amide bonds. The lowest BCUT2D eigenvalue weighted by Crippen LogP contribution is -2.35. The number of halogens is 1. The molecule has 0 aliphatic heterocycles. The van der Waals surface area contributed by atoms with E-state index in [1.54, 1.807) is 12.1 Å². The molecule has 0 unspecified atom stereocenters. The molecule has 1 heterocycles. The van der Waals surface area contributed by atoms with Crippen molar-refractivity contribution < 1.29 is 22.4 Å². The van der Waals surface area contributed by atoms with Gasteiger partial charge in [0, 0.05) is 12.2 Å². The van der Waals surface area contributed by atoms with Gasteiger partial charge >= 0.3 is 0 Å². The average Bonchev–Trinajstić information content (AvgIpc) is 3.46. The first-order valence-corrected chi connectivity index (χ1v) is 12.3. The van der Waals surface area contributed by atoms with E-state index in [4.69, 9.17) is 0 Å². The molecule has 1 fully saturated rings. The third-order valence-corrected chi connectivity index (χ3v) is 6.84. The highest BCUT2D eigenvalue weighted by Crippen LogP contribution is 2.22. The molecule has 11 heteroatoms. The van der Waals surface area contributed by atoms with Gasteiger partial charge in [-0.05, 0) is 49.2 Å². The Morgan fingerprint density at radius 1 is 1.06 bits per heavy atom. The molecule has 178 valence electrons. The van der Waals surface area contributed by atoms with Gasteiger partial charge in [-0.3, -0.25) is 19.0 Å². The Morgan fingerprint density at radius 2 is 1.76 bits per heavy atom. The minimum Gasteiger partial charge on any atom is -0.352 e. The van der Waals surface area contributed by atoms with E-state index in [0.717, 1.165) is 49.9 Å². The van der Waals surface area contributed by atoms with Gasteiger partial charge in [0.1, 0.15) is 12.4 Å². The van der Waals surface area contributed by atoms with Crippen LogP contribution in [-0.4, -0.2) is 36.1 Å². The second-order valence-electron chi connectivity index (χ2n) is 8.03. The fraction of sp³-hybridized carbons (Fsp3) is 0.261. The van der Waals surface area contributed by atoms with Gasteiger partial charge in [-0.2, -0.15) is 5.10 Å². The van der Waals surface area contributed by atoms with Gasteiger partial charge in [0.05, 0.1) is 28.0 Å². The van der Waals surface area contributed by atoms with E-state index < -0.39 is 21.7 Å². The van der Waals surface area contributed by atoms with Crippen LogP contribution >= 0.6 is 0 Å². The van der Waals surface area contributed by atoms with Crippen LogP contribution in [0.2, 0.25) is 0 Å². The molecule has 3 N–H and O–H groups in total. The van der Waals surface area contributed by atoms with Crippen molar-refractivity contribution in [2.45, 2.75) is 43.2 Å². The standard InChI is InChI=1S/C23H24FN5O4S/c24-16-9-11-19(12-10-16)34(32,33)28-21-8-4-3-7-20(21)23(31)27-18-13-25-29(14-18)15-22(30)26-17-5-1-2-6-17/h3-4,7-14,17,28H,1-2,5-6,15H2,(H,26,30)(H,27,31). The zero-order chi connectivity index (χ0) is 24.1. The van der Waals surface area contributed by atoms with Crippen LogP contribution in [0.15, 0.2) is 65.8 Å². The zero-order valence-corrected chi connectivity index (χ0v) is 19.0. The van der Waals surface area contributed by atoms with Gasteiger partial charge in [0.2, 0.25) is 5.91 Å². The van der Waals surface area contributed by atoms with Crippen molar-refractivity contribution in [1.29, 1.82) is 0 Å². The molecule has 0 bridgehead atoms. The number of nitrogens with one attached hydrogen (secondary N) is 3. The average molecular weight is 486 g/mol. The van der Waals surface area contributed by atoms with Crippen molar-refractivity contribution >= 4 is 33.2 Å². The van der Waals surface area contributed by atoms with Gasteiger partial charge in [0.25, 0.3) is 15.9 Å². The highest BCUT2D eigenvalue weighted by molar-refractivity contribution is 7.92. The highest BCUT2D eigenvalue weighted by atomic mass is 32.2. The quantitative estimate of drug-likeness (QED) is 0.453. The first-order chi connectivity index (χ1) is 16.3. The number of rotatable bonds is 8. The van der Waals surface area contributed by atoms with Crippen molar-refractivity contribution in [3.8, 4) is 0 Å². The number of anilines is 2. The van der Waals surface area contributed by atoms with Crippen LogP contribution in [0.1, 0.15) is 36.0 Å². The lowest BCUT2D eigenvalue weighted by molar-refractivity contribution is -0.122. The van der Waals surface area contributed by atoms with Crippen molar-refractivity contribution in [3.05, 3.63) is 72.3 Å². The van der Waals surface area contributed by atoms with Crippen LogP contribution in [0.3, 0.4) is 0 Å². The summed E-state index contributed by atoms with van der Waals surface area (Å²) in [6, 6.07) is 10.7. The summed E-state index contributed by atoms with van der Waals surface area (Å²) in [6.45, 7) is 0.0282. The van der Waals surface area contributed by atoms with Crippen molar-refractivity contribution in [3.63, 3.8) is 0 Å². The number of amides is 2. The van der Waals surface area contributed by atoms with Gasteiger partial charge in [-0.15, -0.1) is 0 Å². The maximum Gasteiger partial charge on any atom is 0.261 e. The fourth-order valence-corrected chi connectivity index (χ4v) is 4.87. The molecule has 0 atom stereocenters. The molecule has 2 aromatic carbocycles. The molecule has 1 aliphatic carbocycles. The third kappa shape index (κ3) is 5.79. The molecule has 9 nitrogen and oxygen atoms in total. The van der Waals surface area contributed by atoms with E-state index in [9.17, 15) is 22.4 Å². The lowest BCUT2D eigenvalue weighted by Gasteiger charge is -2.12. The molecule has 1 aromatic heterocycles. The normalized spacial score (nSPS) is 14.0. The number of carbonyl (C=O) groups is 2. The predicted molar refractivity (Wildman–Crippen MR) is 124 cm³/mol. The van der Waals surface area contributed by atoms with Gasteiger partial charge in [-0.25, -0.2) is 12.8 Å². The van der Waals surface area contributed by atoms with Crippen LogP contribution < -0.4 is 15.4 Å². The number of nitrogens with zero attached hydrogens (tertiary/aromatic N) is 2. The van der Waals surface area contributed by atoms with Crippen molar-refractivity contribution in [1.82, 2.24) is 15.1 Å². The summed E-state index contributed by atoms with van der Waals surface area (Å²) in [7, 11) is -4.04. The Hall–Kier alpha value is -3.73. The number of sulfonamides is 1. The number of hydrogen-bond acceptors (Lipinski definition) is 5. The van der Waals surface area contributed by atoms with Crippen LogP contribution in [0.4, 0.5) is 15.8 Å². The van der Waals surface area contributed by atoms with E-state index in [2.05, 4.69) is 20.5 Å². The van der Waals surface area contributed by atoms with E-state index in [1.807, 2.05) is 0 Å². The molecule has 4 rings (SSSR count). The number of aromatic nitrogens is 2. The second-order valence-corrected chi connectivity index (χ2v) is 9.72. The van der Waals surface area contributed by atoms with Crippen molar-refractivity contribution in [2.24, 2.45) is 0 Å². The topological polar surface area (TPSA) is 122 Å². The van der Waals surface area contributed by atoms with Crippen LogP contribution in [-0.2, 0) is 21.4 Å². The van der Waals surface area contributed by atoms with Crippen LogP contribution in [0.25, 0.3) is 0 Å². The minimum atomic E-state index is -4.04. The van der Waals surface area contributed by atoms with Gasteiger partial charge < -0.3 is 10.6 Å². The van der Waals surface area contributed by atoms with E-state index in [-0.39, 0.29) is 34.6 Å². The van der Waals surface area contributed by atoms with Gasteiger partial charge in [0.15, 0.2) is 0 Å². The highest BCUT2D eigenvalue weighted by Gasteiger charge is 2.20. The summed E-state index contributed by atoms with van der Waals surface area (Å²) in [5.41, 5.74) is 0.502. The smallest absolute Gasteiger partial charge is 0.261 e. The fourth-order valence-electron chi connectivity index (χ4n) is 3.79. The molecule has 0 spiro atoms. The summed E-state index contributed by atoms with van der Waals surface area (Å²) in [5.74, 6) is -1.27. The number of hydrogen-bond donors (Lipinski definition) is 3. The Kier molecular flexibility index (Phi) is 6.92. The Bertz CT molecular complexity index is 1280. The van der Waals surface area contributed by atoms with Crippen LogP contribution in [0.5, 0.6) is 0 Å². The molecule has 0 saturated heterocycles. The number of para-hydroxylation sites is 1. The Labute approximate surface area is 196 Å². The Balaban J connectivity index is 1.42. The SMILES string of the molecule is O=C(Cn1cc(NC(=O)c2ccccc2NS(=O)(=O)c2ccc(F)cc2)cn1)NC1CCCC1. The maximum atomic E-state index is 13.1. The molecule has 1 saturated carbocycles. The molecule has 3 aromatic rings. The maximum absolute atomic E-state index is 13.1. The molecule has 1 aliphatic rings. The molecular weight excluding hydrogens is 461 g/mol. The lowest BCUT2D eigenvalue weighted by atomic mass is 10.1. The minimum absolute atomic E-state index is 0.0282. The first kappa shape index (κ1) is 23.4. The zero-order valence-electron chi connectivity index (χ0n) is 18.2. The molecular formula is C23H24FN5O4S. The van der Waals surface area contributed by atoms with Gasteiger partial charge in [-0.1, -0.05) is 25.0 Å². The summed E-state index contributed by atoms with van der Waals surface area (Å²) in [6.07, 6.45) is 7.13. The molecule has 34 heavy (non-hydrogen) atoms.